The molecule has 0 radical (unpaired) electrons. The number of benzene rings is 2. The van der Waals surface area contributed by atoms with Crippen LogP contribution < -0.4 is 4.74 Å². The molecule has 2 aliphatic rings. The summed E-state index contributed by atoms with van der Waals surface area (Å²) in [5.74, 6) is 0.775. The zero-order valence-corrected chi connectivity index (χ0v) is 14.8. The van der Waals surface area contributed by atoms with Crippen molar-refractivity contribution in [2.24, 2.45) is 0 Å². The van der Waals surface area contributed by atoms with Gasteiger partial charge in [-0.05, 0) is 59.2 Å². The Morgan fingerprint density at radius 2 is 2.00 bits per heavy atom. The Hall–Kier alpha value is -2.04. The number of phenols is 1. The largest absolute Gasteiger partial charge is 0.504 e. The molecule has 2 aromatic carbocycles. The molecule has 0 amide bonds. The van der Waals surface area contributed by atoms with E-state index >= 15 is 0 Å². The summed E-state index contributed by atoms with van der Waals surface area (Å²) in [4.78, 5) is 2.60. The first kappa shape index (κ1) is 16.4. The van der Waals surface area contributed by atoms with Crippen LogP contribution in [0.1, 0.15) is 53.2 Å². The minimum Gasteiger partial charge on any atom is -0.504 e. The summed E-state index contributed by atoms with van der Waals surface area (Å²) in [5.41, 5.74) is 6.19. The van der Waals surface area contributed by atoms with Gasteiger partial charge in [-0.15, -0.1) is 0 Å². The molecular weight excluding hydrogens is 314 g/mol. The van der Waals surface area contributed by atoms with Crippen molar-refractivity contribution in [2.45, 2.75) is 44.9 Å². The molecule has 25 heavy (non-hydrogen) atoms. The topological polar surface area (TPSA) is 52.9 Å². The van der Waals surface area contributed by atoms with E-state index in [1.807, 2.05) is 18.2 Å². The predicted molar refractivity (Wildman–Crippen MR) is 96.9 cm³/mol. The van der Waals surface area contributed by atoms with Gasteiger partial charge >= 0.3 is 0 Å². The fourth-order valence-electron chi connectivity index (χ4n) is 4.60. The van der Waals surface area contributed by atoms with Gasteiger partial charge in [0.15, 0.2) is 11.5 Å². The first-order valence-electron chi connectivity index (χ1n) is 9.04. The molecule has 4 nitrogen and oxygen atoms in total. The lowest BCUT2D eigenvalue weighted by Gasteiger charge is -2.46. The zero-order valence-electron chi connectivity index (χ0n) is 14.8. The molecule has 4 heteroatoms. The molecule has 2 aliphatic heterocycles. The number of ether oxygens (including phenoxy) is 1. The third kappa shape index (κ3) is 2.60. The highest BCUT2D eigenvalue weighted by molar-refractivity contribution is 5.50. The van der Waals surface area contributed by atoms with Crippen LogP contribution >= 0.6 is 0 Å². The van der Waals surface area contributed by atoms with Gasteiger partial charge in [-0.2, -0.15) is 0 Å². The summed E-state index contributed by atoms with van der Waals surface area (Å²) in [6, 6.07) is 10.9. The number of aromatic hydroxyl groups is 1. The highest BCUT2D eigenvalue weighted by atomic mass is 16.5. The molecule has 0 saturated carbocycles. The maximum Gasteiger partial charge on any atom is 0.160 e. The molecule has 4 rings (SSSR count). The maximum absolute atomic E-state index is 10.2. The monoisotopic (exact) mass is 339 g/mol. The number of aliphatic hydroxyl groups is 1. The molecular formula is C21H25NO3. The quantitative estimate of drug-likeness (QED) is 0.899. The van der Waals surface area contributed by atoms with Crippen LogP contribution in [0.5, 0.6) is 11.5 Å². The van der Waals surface area contributed by atoms with E-state index in [-0.39, 0.29) is 12.4 Å². The highest BCUT2D eigenvalue weighted by Crippen LogP contribution is 2.47. The third-order valence-electron chi connectivity index (χ3n) is 5.79. The second-order valence-corrected chi connectivity index (χ2v) is 7.05. The van der Waals surface area contributed by atoms with E-state index in [1.54, 1.807) is 7.11 Å². The first-order valence-corrected chi connectivity index (χ1v) is 9.04. The summed E-state index contributed by atoms with van der Waals surface area (Å²) in [6.45, 7) is 3.34. The third-order valence-corrected chi connectivity index (χ3v) is 5.79. The van der Waals surface area contributed by atoms with Crippen LogP contribution in [-0.4, -0.2) is 28.8 Å². The smallest absolute Gasteiger partial charge is 0.160 e. The predicted octanol–water partition coefficient (Wildman–Crippen LogP) is 3.50. The normalized spacial score (nSPS) is 22.0. The summed E-state index contributed by atoms with van der Waals surface area (Å²) in [5, 5.41) is 19.6. The number of rotatable bonds is 3. The van der Waals surface area contributed by atoms with Crippen LogP contribution in [0.15, 0.2) is 30.3 Å². The molecule has 0 aliphatic carbocycles. The van der Waals surface area contributed by atoms with Gasteiger partial charge in [-0.1, -0.05) is 25.1 Å². The van der Waals surface area contributed by atoms with Crippen molar-refractivity contribution in [3.05, 3.63) is 58.1 Å². The van der Waals surface area contributed by atoms with Crippen LogP contribution in [-0.2, 0) is 19.4 Å². The van der Waals surface area contributed by atoms with Gasteiger partial charge in [-0.3, -0.25) is 4.90 Å². The second kappa shape index (κ2) is 6.36. The van der Waals surface area contributed by atoms with Gasteiger partial charge in [0.2, 0.25) is 0 Å². The molecule has 2 atom stereocenters. The molecule has 2 heterocycles. The van der Waals surface area contributed by atoms with E-state index in [0.717, 1.165) is 31.4 Å². The summed E-state index contributed by atoms with van der Waals surface area (Å²) in [7, 11) is 1.60. The van der Waals surface area contributed by atoms with Crippen LogP contribution in [0.25, 0.3) is 0 Å². The van der Waals surface area contributed by atoms with Crippen LogP contribution in [0.3, 0.4) is 0 Å². The van der Waals surface area contributed by atoms with Crippen LogP contribution in [0.2, 0.25) is 0 Å². The van der Waals surface area contributed by atoms with Crippen molar-refractivity contribution in [1.82, 2.24) is 4.90 Å². The van der Waals surface area contributed by atoms with Gasteiger partial charge in [0.05, 0.1) is 13.7 Å². The van der Waals surface area contributed by atoms with Crippen molar-refractivity contribution in [1.29, 1.82) is 0 Å². The molecule has 2 aromatic rings. The second-order valence-electron chi connectivity index (χ2n) is 7.05. The maximum atomic E-state index is 10.2. The number of aliphatic hydroxyl groups excluding tert-OH is 1. The Kier molecular flexibility index (Phi) is 4.18. The van der Waals surface area contributed by atoms with Crippen molar-refractivity contribution < 1.29 is 14.9 Å². The minimum atomic E-state index is 0.0930. The van der Waals surface area contributed by atoms with E-state index in [2.05, 4.69) is 24.0 Å². The molecule has 2 N–H and O–H groups in total. The van der Waals surface area contributed by atoms with Gasteiger partial charge in [0, 0.05) is 18.6 Å². The molecule has 0 fully saturated rings. The summed E-state index contributed by atoms with van der Waals surface area (Å²) < 4.78 is 5.33. The Balaban J connectivity index is 1.80. The Bertz CT molecular complexity index is 802. The minimum absolute atomic E-state index is 0.0930. The van der Waals surface area contributed by atoms with Gasteiger partial charge in [0.1, 0.15) is 0 Å². The number of nitrogens with zero attached hydrogens (tertiary/aromatic N) is 1. The Morgan fingerprint density at radius 1 is 1.16 bits per heavy atom. The molecule has 0 saturated heterocycles. The Morgan fingerprint density at radius 3 is 2.72 bits per heavy atom. The lowest BCUT2D eigenvalue weighted by Crippen LogP contribution is -2.42. The van der Waals surface area contributed by atoms with Crippen molar-refractivity contribution in [2.75, 3.05) is 13.7 Å². The number of hydrogen-bond acceptors (Lipinski definition) is 4. The van der Waals surface area contributed by atoms with Crippen LogP contribution in [0, 0.1) is 0 Å². The molecule has 132 valence electrons. The number of hydrogen-bond donors (Lipinski definition) is 2. The Labute approximate surface area is 148 Å². The van der Waals surface area contributed by atoms with Gasteiger partial charge < -0.3 is 14.9 Å². The van der Waals surface area contributed by atoms with E-state index in [0.29, 0.717) is 17.8 Å². The van der Waals surface area contributed by atoms with E-state index in [1.165, 1.54) is 22.3 Å². The summed E-state index contributed by atoms with van der Waals surface area (Å²) >= 11 is 0. The van der Waals surface area contributed by atoms with Gasteiger partial charge in [0.25, 0.3) is 0 Å². The molecule has 0 unspecified atom stereocenters. The van der Waals surface area contributed by atoms with Crippen molar-refractivity contribution >= 4 is 0 Å². The molecule has 0 bridgehead atoms. The van der Waals surface area contributed by atoms with E-state index in [9.17, 15) is 10.2 Å². The fourth-order valence-corrected chi connectivity index (χ4v) is 4.60. The highest BCUT2D eigenvalue weighted by Gasteiger charge is 2.38. The SMILES string of the molecule is CC[C@H]1c2cc(OC)c(O)cc2C[C@H]2c3ccc(CO)cc3CCN12. The number of phenolic OH excluding ortho intramolecular Hbond substituents is 1. The number of fused-ring (bicyclic) bond motifs is 4. The standard InChI is InChI=1S/C21H25NO3/c1-3-18-17-11-21(25-2)20(24)10-15(17)9-19-16-5-4-13(12-23)8-14(16)6-7-22(18)19/h4-5,8,10-11,18-19,23-24H,3,6-7,9,12H2,1-2H3/t18-,19-/m0/s1. The first-order chi connectivity index (χ1) is 12.2. The lowest BCUT2D eigenvalue weighted by molar-refractivity contribution is 0.103. The average molecular weight is 339 g/mol. The van der Waals surface area contributed by atoms with Crippen molar-refractivity contribution in [3.8, 4) is 11.5 Å². The van der Waals surface area contributed by atoms with Gasteiger partial charge in [-0.25, -0.2) is 0 Å². The molecule has 0 spiro atoms. The summed E-state index contributed by atoms with van der Waals surface area (Å²) in [6.07, 6.45) is 2.94. The average Bonchev–Trinajstić information content (AvgIpc) is 2.64. The lowest BCUT2D eigenvalue weighted by atomic mass is 9.79. The fraction of sp³-hybridized carbons (Fsp3) is 0.429. The van der Waals surface area contributed by atoms with Crippen molar-refractivity contribution in [3.63, 3.8) is 0 Å². The molecule has 0 aromatic heterocycles. The van der Waals surface area contributed by atoms with E-state index < -0.39 is 0 Å². The zero-order chi connectivity index (χ0) is 17.6. The van der Waals surface area contributed by atoms with Crippen LogP contribution in [0.4, 0.5) is 0 Å². The van der Waals surface area contributed by atoms with E-state index in [4.69, 9.17) is 4.74 Å². The number of methoxy groups -OCH3 is 1.